The van der Waals surface area contributed by atoms with Gasteiger partial charge in [0, 0.05) is 53.1 Å². The number of nitrogens with one attached hydrogen (secondary N) is 1. The zero-order valence-electron chi connectivity index (χ0n) is 27.5. The van der Waals surface area contributed by atoms with Crippen molar-refractivity contribution in [2.24, 2.45) is 17.8 Å². The molecule has 0 aromatic carbocycles. The summed E-state index contributed by atoms with van der Waals surface area (Å²) >= 11 is 0. The first kappa shape index (κ1) is 33.1. The molecule has 1 saturated heterocycles. The minimum atomic E-state index is -1.20. The highest BCUT2D eigenvalue weighted by Gasteiger charge is 2.46. The molecule has 2 aromatic rings. The van der Waals surface area contributed by atoms with Crippen molar-refractivity contribution in [3.05, 3.63) is 24.0 Å². The van der Waals surface area contributed by atoms with E-state index >= 15 is 0 Å². The van der Waals surface area contributed by atoms with Gasteiger partial charge in [-0.15, -0.1) is 0 Å². The Kier molecular flexibility index (Phi) is 10.6. The van der Waals surface area contributed by atoms with Crippen LogP contribution in [0.1, 0.15) is 45.2 Å². The third kappa shape index (κ3) is 9.35. The van der Waals surface area contributed by atoms with Crippen LogP contribution in [-0.2, 0) is 19.0 Å². The lowest BCUT2D eigenvalue weighted by Crippen LogP contribution is -2.52. The SMILES string of the molecule is CC(C)(C)OC(=O)C1C2CNCC1CC(c1cc(N(COCC[Si](C)(C)C)COCC[Si](C)(C)C)n3nccc3n1)C2. The molecular weight excluding hydrogens is 563 g/mol. The molecule has 2 fully saturated rings. The van der Waals surface area contributed by atoms with E-state index in [1.807, 2.05) is 37.5 Å². The lowest BCUT2D eigenvalue weighted by molar-refractivity contribution is -0.167. The summed E-state index contributed by atoms with van der Waals surface area (Å²) in [5.41, 5.74) is 1.41. The quantitative estimate of drug-likeness (QED) is 0.130. The average Bonchev–Trinajstić information content (AvgIpc) is 3.33. The molecule has 2 aliphatic rings. The number of nitrogens with zero attached hydrogens (tertiary/aromatic N) is 4. The number of carbonyl (C=O) groups excluding carboxylic acids is 1. The number of ether oxygens (including phenoxy) is 3. The van der Waals surface area contributed by atoms with Crippen LogP contribution >= 0.6 is 0 Å². The molecular formula is C31H55N5O4Si2. The van der Waals surface area contributed by atoms with E-state index in [0.717, 1.165) is 68.4 Å². The standard InChI is InChI=1S/C31H55N5O4Si2/c1-31(2,3)40-30(37)29-24-16-23(17-25(29)20-32-19-24)26-18-28(36-27(34-26)10-11-33-36)35(21-38-12-14-41(4,5)6)22-39-13-15-42(7,8)9/h10-11,18,23-25,29,32H,12-17,19-22H2,1-9H3. The van der Waals surface area contributed by atoms with Crippen molar-refractivity contribution >= 4 is 33.6 Å². The fourth-order valence-electron chi connectivity index (χ4n) is 6.00. The normalized spacial score (nSPS) is 23.3. The van der Waals surface area contributed by atoms with Crippen LogP contribution in [-0.4, -0.2) is 82.1 Å². The van der Waals surface area contributed by atoms with Gasteiger partial charge in [-0.1, -0.05) is 39.3 Å². The summed E-state index contributed by atoms with van der Waals surface area (Å²) in [5, 5.41) is 8.19. The first-order chi connectivity index (χ1) is 19.6. The minimum absolute atomic E-state index is 0.0468. The molecule has 4 rings (SSSR count). The molecule has 1 saturated carbocycles. The van der Waals surface area contributed by atoms with Gasteiger partial charge in [0.1, 0.15) is 24.9 Å². The van der Waals surface area contributed by atoms with Crippen molar-refractivity contribution in [2.45, 2.75) is 96.5 Å². The van der Waals surface area contributed by atoms with Crippen LogP contribution in [0.25, 0.3) is 5.65 Å². The van der Waals surface area contributed by atoms with E-state index < -0.39 is 21.7 Å². The molecule has 0 amide bonds. The molecule has 2 aromatic heterocycles. The van der Waals surface area contributed by atoms with Gasteiger partial charge in [-0.05, 0) is 70.6 Å². The van der Waals surface area contributed by atoms with E-state index in [1.54, 1.807) is 0 Å². The van der Waals surface area contributed by atoms with E-state index in [-0.39, 0.29) is 29.6 Å². The number of hydrogen-bond acceptors (Lipinski definition) is 8. The van der Waals surface area contributed by atoms with Gasteiger partial charge < -0.3 is 24.4 Å². The summed E-state index contributed by atoms with van der Waals surface area (Å²) in [5.74, 6) is 1.56. The number of esters is 1. The predicted octanol–water partition coefficient (Wildman–Crippen LogP) is 5.83. The third-order valence-electron chi connectivity index (χ3n) is 8.27. The average molecular weight is 618 g/mol. The fraction of sp³-hybridized carbons (Fsp3) is 0.774. The molecule has 11 heteroatoms. The zero-order chi connectivity index (χ0) is 30.7. The van der Waals surface area contributed by atoms with Gasteiger partial charge in [0.05, 0.1) is 12.1 Å². The molecule has 1 aliphatic heterocycles. The number of aromatic nitrogens is 3. The van der Waals surface area contributed by atoms with Crippen LogP contribution in [0.4, 0.5) is 5.82 Å². The molecule has 0 spiro atoms. The molecule has 3 heterocycles. The number of piperidine rings is 1. The number of anilines is 1. The maximum Gasteiger partial charge on any atom is 0.310 e. The first-order valence-corrected chi connectivity index (χ1v) is 23.2. The van der Waals surface area contributed by atoms with Crippen LogP contribution < -0.4 is 10.2 Å². The molecule has 2 bridgehead atoms. The van der Waals surface area contributed by atoms with E-state index in [4.69, 9.17) is 19.2 Å². The highest BCUT2D eigenvalue weighted by atomic mass is 28.3. The number of fused-ring (bicyclic) bond motifs is 3. The van der Waals surface area contributed by atoms with E-state index in [0.29, 0.717) is 13.5 Å². The maximum atomic E-state index is 13.2. The Balaban J connectivity index is 1.56. The third-order valence-corrected chi connectivity index (χ3v) is 11.7. The lowest BCUT2D eigenvalue weighted by atomic mass is 9.65. The van der Waals surface area contributed by atoms with E-state index in [9.17, 15) is 4.79 Å². The van der Waals surface area contributed by atoms with Crippen molar-refractivity contribution in [1.82, 2.24) is 19.9 Å². The van der Waals surface area contributed by atoms with Crippen molar-refractivity contribution in [3.63, 3.8) is 0 Å². The van der Waals surface area contributed by atoms with Crippen LogP contribution in [0.5, 0.6) is 0 Å². The minimum Gasteiger partial charge on any atom is -0.460 e. The fourth-order valence-corrected chi connectivity index (χ4v) is 7.52. The van der Waals surface area contributed by atoms with Gasteiger partial charge in [-0.2, -0.15) is 9.61 Å². The molecule has 1 aliphatic carbocycles. The van der Waals surface area contributed by atoms with Crippen LogP contribution in [0.3, 0.4) is 0 Å². The number of rotatable bonds is 13. The van der Waals surface area contributed by atoms with Crippen molar-refractivity contribution in [3.8, 4) is 0 Å². The Morgan fingerprint density at radius 1 is 1.00 bits per heavy atom. The second-order valence-electron chi connectivity index (χ2n) is 15.8. The van der Waals surface area contributed by atoms with Crippen LogP contribution in [0.15, 0.2) is 18.3 Å². The lowest BCUT2D eigenvalue weighted by Gasteiger charge is -2.45. The number of hydrogen-bond donors (Lipinski definition) is 1. The summed E-state index contributed by atoms with van der Waals surface area (Å²) in [4.78, 5) is 20.5. The smallest absolute Gasteiger partial charge is 0.310 e. The Labute approximate surface area is 255 Å². The molecule has 236 valence electrons. The van der Waals surface area contributed by atoms with Crippen molar-refractivity contribution in [1.29, 1.82) is 0 Å². The second-order valence-corrected chi connectivity index (χ2v) is 27.0. The Morgan fingerprint density at radius 2 is 1.57 bits per heavy atom. The van der Waals surface area contributed by atoms with Crippen LogP contribution in [0.2, 0.25) is 51.4 Å². The summed E-state index contributed by atoms with van der Waals surface area (Å²) in [6.45, 7) is 24.1. The summed E-state index contributed by atoms with van der Waals surface area (Å²) in [6, 6.07) is 6.39. The second kappa shape index (κ2) is 13.5. The van der Waals surface area contributed by atoms with E-state index in [2.05, 4.69) is 60.7 Å². The molecule has 9 nitrogen and oxygen atoms in total. The number of carbonyl (C=O) groups is 1. The van der Waals surface area contributed by atoms with Gasteiger partial charge in [0.2, 0.25) is 0 Å². The summed E-state index contributed by atoms with van der Waals surface area (Å²) < 4.78 is 20.3. The Hall–Kier alpha value is -1.80. The topological polar surface area (TPSA) is 90.2 Å². The zero-order valence-corrected chi connectivity index (χ0v) is 29.5. The Bertz CT molecular complexity index is 1150. The summed E-state index contributed by atoms with van der Waals surface area (Å²) in [7, 11) is -2.40. The van der Waals surface area contributed by atoms with E-state index in [1.165, 1.54) is 0 Å². The van der Waals surface area contributed by atoms with Crippen molar-refractivity contribution < 1.29 is 19.0 Å². The molecule has 42 heavy (non-hydrogen) atoms. The van der Waals surface area contributed by atoms with Crippen LogP contribution in [0, 0.1) is 17.8 Å². The van der Waals surface area contributed by atoms with Gasteiger partial charge in [0.25, 0.3) is 0 Å². The first-order valence-electron chi connectivity index (χ1n) is 15.8. The predicted molar refractivity (Wildman–Crippen MR) is 175 cm³/mol. The molecule has 1 N–H and O–H groups in total. The van der Waals surface area contributed by atoms with Gasteiger partial charge in [-0.25, -0.2) is 4.98 Å². The van der Waals surface area contributed by atoms with Gasteiger partial charge >= 0.3 is 5.97 Å². The Morgan fingerprint density at radius 3 is 2.10 bits per heavy atom. The monoisotopic (exact) mass is 617 g/mol. The van der Waals surface area contributed by atoms with Crippen molar-refractivity contribution in [2.75, 3.05) is 44.7 Å². The maximum absolute atomic E-state index is 13.2. The highest BCUT2D eigenvalue weighted by molar-refractivity contribution is 6.76. The molecule has 2 unspecified atom stereocenters. The highest BCUT2D eigenvalue weighted by Crippen LogP contribution is 2.45. The van der Waals surface area contributed by atoms with Gasteiger partial charge in [-0.3, -0.25) is 4.79 Å². The largest absolute Gasteiger partial charge is 0.460 e. The van der Waals surface area contributed by atoms with Gasteiger partial charge in [0.15, 0.2) is 5.65 Å². The summed E-state index contributed by atoms with van der Waals surface area (Å²) in [6.07, 6.45) is 3.62. The molecule has 0 radical (unpaired) electrons. The molecule has 2 atom stereocenters.